The van der Waals surface area contributed by atoms with Crippen molar-refractivity contribution >= 4 is 40.0 Å². The number of amides is 1. The maximum Gasteiger partial charge on any atom is 0.340 e. The van der Waals surface area contributed by atoms with E-state index in [9.17, 15) is 9.59 Å². The van der Waals surface area contributed by atoms with Crippen molar-refractivity contribution in [3.63, 3.8) is 0 Å². The fraction of sp³-hybridized carbons (Fsp3) is 0.417. The van der Waals surface area contributed by atoms with Crippen LogP contribution in [0.2, 0.25) is 0 Å². The van der Waals surface area contributed by atoms with Crippen molar-refractivity contribution in [2.45, 2.75) is 57.3 Å². The van der Waals surface area contributed by atoms with E-state index in [0.29, 0.717) is 28.4 Å². The molecule has 4 rings (SSSR count). The van der Waals surface area contributed by atoms with Gasteiger partial charge < -0.3 is 19.4 Å². The molecular weight excluding hydrogens is 472 g/mol. The zero-order chi connectivity index (χ0) is 24.1. The molecular formula is C24H28N4O4S2. The molecule has 0 atom stereocenters. The van der Waals surface area contributed by atoms with E-state index >= 15 is 0 Å². The predicted octanol–water partition coefficient (Wildman–Crippen LogP) is 5.17. The third-order valence-electron chi connectivity index (χ3n) is 5.60. The number of aromatic nitrogens is 3. The van der Waals surface area contributed by atoms with E-state index < -0.39 is 5.97 Å². The molecule has 1 aliphatic carbocycles. The van der Waals surface area contributed by atoms with Crippen LogP contribution in [0.1, 0.15) is 47.8 Å². The molecule has 0 unspecified atom stereocenters. The van der Waals surface area contributed by atoms with Crippen LogP contribution in [0.3, 0.4) is 0 Å². The first-order valence-electron chi connectivity index (χ1n) is 11.3. The fourth-order valence-electron chi connectivity index (χ4n) is 3.94. The lowest BCUT2D eigenvalue weighted by molar-refractivity contribution is -0.113. The van der Waals surface area contributed by atoms with Crippen molar-refractivity contribution in [3.05, 3.63) is 40.8 Å². The smallest absolute Gasteiger partial charge is 0.340 e. The summed E-state index contributed by atoms with van der Waals surface area (Å²) >= 11 is 2.65. The average molecular weight is 501 g/mol. The van der Waals surface area contributed by atoms with Gasteiger partial charge in [0.25, 0.3) is 0 Å². The number of hydrogen-bond acceptors (Lipinski definition) is 8. The molecule has 180 valence electrons. The maximum atomic E-state index is 12.6. The highest BCUT2D eigenvalue weighted by atomic mass is 32.2. The van der Waals surface area contributed by atoms with Crippen molar-refractivity contribution in [2.24, 2.45) is 0 Å². The van der Waals surface area contributed by atoms with Gasteiger partial charge in [0.1, 0.15) is 10.8 Å². The molecule has 2 aromatic heterocycles. The second-order valence-corrected chi connectivity index (χ2v) is 10.2. The lowest BCUT2D eigenvalue weighted by Gasteiger charge is -2.13. The van der Waals surface area contributed by atoms with Crippen molar-refractivity contribution in [1.82, 2.24) is 14.8 Å². The first-order valence-corrected chi connectivity index (χ1v) is 13.1. The molecule has 0 spiro atoms. The van der Waals surface area contributed by atoms with Crippen LogP contribution in [0.4, 0.5) is 5.00 Å². The average Bonchev–Trinajstić information content (AvgIpc) is 3.58. The van der Waals surface area contributed by atoms with Crippen molar-refractivity contribution in [3.8, 4) is 17.1 Å². The van der Waals surface area contributed by atoms with Gasteiger partial charge in [0, 0.05) is 17.0 Å². The Bertz CT molecular complexity index is 1150. The molecule has 10 heteroatoms. The second-order valence-electron chi connectivity index (χ2n) is 8.03. The Morgan fingerprint density at radius 3 is 2.62 bits per heavy atom. The molecule has 3 aromatic rings. The molecule has 1 N–H and O–H groups in total. The topological polar surface area (TPSA) is 95.3 Å². The Hall–Kier alpha value is -2.85. The SMILES string of the molecule is CCn1c(SCC(=O)Nc2sc(C)cc2C(=O)OC)nnc1-c1ccc(OC2CCCC2)cc1. The number of thiophene rings is 1. The monoisotopic (exact) mass is 500 g/mol. The third kappa shape index (κ3) is 5.61. The van der Waals surface area contributed by atoms with Crippen LogP contribution in [0, 0.1) is 6.92 Å². The zero-order valence-electron chi connectivity index (χ0n) is 19.5. The van der Waals surface area contributed by atoms with Gasteiger partial charge in [0.05, 0.1) is 24.5 Å². The molecule has 1 aliphatic rings. The summed E-state index contributed by atoms with van der Waals surface area (Å²) in [6.07, 6.45) is 5.04. The molecule has 2 heterocycles. The molecule has 1 fully saturated rings. The van der Waals surface area contributed by atoms with E-state index in [-0.39, 0.29) is 11.7 Å². The molecule has 0 radical (unpaired) electrons. The van der Waals surface area contributed by atoms with Crippen LogP contribution >= 0.6 is 23.1 Å². The van der Waals surface area contributed by atoms with Crippen molar-refractivity contribution < 1.29 is 19.1 Å². The fourth-order valence-corrected chi connectivity index (χ4v) is 5.65. The summed E-state index contributed by atoms with van der Waals surface area (Å²) in [4.78, 5) is 25.4. The molecule has 0 aliphatic heterocycles. The minimum atomic E-state index is -0.470. The number of anilines is 1. The molecule has 1 saturated carbocycles. The maximum absolute atomic E-state index is 12.6. The number of benzene rings is 1. The highest BCUT2D eigenvalue weighted by molar-refractivity contribution is 7.99. The highest BCUT2D eigenvalue weighted by Gasteiger charge is 2.20. The van der Waals surface area contributed by atoms with E-state index in [2.05, 4.69) is 15.5 Å². The molecule has 8 nitrogen and oxygen atoms in total. The summed E-state index contributed by atoms with van der Waals surface area (Å²) in [5.74, 6) is 1.07. The quantitative estimate of drug-likeness (QED) is 0.320. The number of thioether (sulfide) groups is 1. The Balaban J connectivity index is 1.40. The van der Waals surface area contributed by atoms with Crippen LogP contribution in [0.25, 0.3) is 11.4 Å². The van der Waals surface area contributed by atoms with Crippen molar-refractivity contribution in [1.29, 1.82) is 0 Å². The summed E-state index contributed by atoms with van der Waals surface area (Å²) < 4.78 is 12.8. The second kappa shape index (κ2) is 11.1. The molecule has 34 heavy (non-hydrogen) atoms. The number of carbonyl (C=O) groups is 2. The van der Waals surface area contributed by atoms with Gasteiger partial charge in [-0.1, -0.05) is 11.8 Å². The Kier molecular flexibility index (Phi) is 7.89. The first-order chi connectivity index (χ1) is 16.5. The van der Waals surface area contributed by atoms with Crippen LogP contribution in [0.15, 0.2) is 35.5 Å². The number of nitrogens with one attached hydrogen (secondary N) is 1. The number of rotatable bonds is 9. The standard InChI is InChI=1S/C24H28N4O4S2/c1-4-28-21(16-9-11-18(12-10-16)32-17-7-5-6-8-17)26-27-24(28)33-14-20(29)25-22-19(23(30)31-3)13-15(2)34-22/h9-13,17H,4-8,14H2,1-3H3,(H,25,29). The number of aryl methyl sites for hydroxylation is 1. The van der Waals surface area contributed by atoms with Crippen LogP contribution < -0.4 is 10.1 Å². The van der Waals surface area contributed by atoms with Gasteiger partial charge >= 0.3 is 5.97 Å². The summed E-state index contributed by atoms with van der Waals surface area (Å²) in [5.41, 5.74) is 1.31. The van der Waals surface area contributed by atoms with E-state index in [1.807, 2.05) is 42.7 Å². The lowest BCUT2D eigenvalue weighted by atomic mass is 10.2. The highest BCUT2D eigenvalue weighted by Crippen LogP contribution is 2.30. The van der Waals surface area contributed by atoms with E-state index in [1.165, 1.54) is 43.1 Å². The summed E-state index contributed by atoms with van der Waals surface area (Å²) in [5, 5.41) is 12.6. The number of hydrogen-bond donors (Lipinski definition) is 1. The summed E-state index contributed by atoms with van der Waals surface area (Å²) in [6, 6.07) is 9.66. The van der Waals surface area contributed by atoms with Gasteiger partial charge in [-0.05, 0) is 69.9 Å². The first kappa shape index (κ1) is 24.3. The van der Waals surface area contributed by atoms with Gasteiger partial charge in [-0.3, -0.25) is 4.79 Å². The van der Waals surface area contributed by atoms with Gasteiger partial charge in [-0.15, -0.1) is 21.5 Å². The minimum Gasteiger partial charge on any atom is -0.490 e. The van der Waals surface area contributed by atoms with Crippen LogP contribution in [0.5, 0.6) is 5.75 Å². The number of esters is 1. The Morgan fingerprint density at radius 1 is 1.21 bits per heavy atom. The molecule has 0 saturated heterocycles. The third-order valence-corrected chi connectivity index (χ3v) is 7.53. The lowest BCUT2D eigenvalue weighted by Crippen LogP contribution is -2.16. The number of nitrogens with zero attached hydrogens (tertiary/aromatic N) is 3. The van der Waals surface area contributed by atoms with E-state index in [4.69, 9.17) is 9.47 Å². The number of ether oxygens (including phenoxy) is 2. The van der Waals surface area contributed by atoms with E-state index in [0.717, 1.165) is 34.9 Å². The Labute approximate surface area is 207 Å². The zero-order valence-corrected chi connectivity index (χ0v) is 21.1. The van der Waals surface area contributed by atoms with Crippen LogP contribution in [-0.4, -0.2) is 45.6 Å². The minimum absolute atomic E-state index is 0.143. The van der Waals surface area contributed by atoms with Gasteiger partial charge in [0.2, 0.25) is 5.91 Å². The summed E-state index contributed by atoms with van der Waals surface area (Å²) in [7, 11) is 1.32. The van der Waals surface area contributed by atoms with Crippen molar-refractivity contribution in [2.75, 3.05) is 18.2 Å². The molecule has 1 aromatic carbocycles. The molecule has 1 amide bonds. The van der Waals surface area contributed by atoms with Crippen LogP contribution in [-0.2, 0) is 16.1 Å². The molecule has 0 bridgehead atoms. The number of methoxy groups -OCH3 is 1. The van der Waals surface area contributed by atoms with E-state index in [1.54, 1.807) is 6.07 Å². The normalized spacial score (nSPS) is 13.7. The van der Waals surface area contributed by atoms with Gasteiger partial charge in [-0.2, -0.15) is 0 Å². The Morgan fingerprint density at radius 2 is 1.94 bits per heavy atom. The predicted molar refractivity (Wildman–Crippen MR) is 134 cm³/mol. The largest absolute Gasteiger partial charge is 0.490 e. The summed E-state index contributed by atoms with van der Waals surface area (Å²) in [6.45, 7) is 4.56. The van der Waals surface area contributed by atoms with Gasteiger partial charge in [0.15, 0.2) is 11.0 Å². The van der Waals surface area contributed by atoms with Gasteiger partial charge in [-0.25, -0.2) is 4.79 Å². The number of carbonyl (C=O) groups excluding carboxylic acids is 2.